The molecule has 2 aromatic rings. The van der Waals surface area contributed by atoms with Crippen molar-refractivity contribution in [1.29, 1.82) is 0 Å². The van der Waals surface area contributed by atoms with Crippen molar-refractivity contribution >= 4 is 18.7 Å². The van der Waals surface area contributed by atoms with Crippen molar-refractivity contribution in [1.82, 2.24) is 0 Å². The fourth-order valence-electron chi connectivity index (χ4n) is 5.23. The molecule has 0 unspecified atom stereocenters. The van der Waals surface area contributed by atoms with Crippen LogP contribution in [0, 0.1) is 16.7 Å². The van der Waals surface area contributed by atoms with Gasteiger partial charge in [0.2, 0.25) is 0 Å². The van der Waals surface area contributed by atoms with Crippen LogP contribution in [0.4, 0.5) is 0 Å². The Balaban J connectivity index is 2.03. The van der Waals surface area contributed by atoms with Gasteiger partial charge in [0, 0.05) is 13.2 Å². The molecule has 1 aliphatic carbocycles. The first-order chi connectivity index (χ1) is 13.6. The average Bonchev–Trinajstić information content (AvgIpc) is 2.93. The quantitative estimate of drug-likeness (QED) is 0.679. The van der Waals surface area contributed by atoms with E-state index in [2.05, 4.69) is 102 Å². The molecule has 0 aromatic heterocycles. The smallest absolute Gasteiger partial charge is 0.261 e. The zero-order valence-corrected chi connectivity index (χ0v) is 20.0. The summed E-state index contributed by atoms with van der Waals surface area (Å²) in [5.74, 6) is 0.446. The second kappa shape index (κ2) is 8.01. The van der Waals surface area contributed by atoms with Crippen molar-refractivity contribution in [2.45, 2.75) is 59.4 Å². The maximum Gasteiger partial charge on any atom is 0.261 e. The molecule has 158 valence electrons. The molecule has 1 N–H and O–H groups in total. The Bertz CT molecular complexity index is 755. The highest BCUT2D eigenvalue weighted by Gasteiger charge is 2.54. The molecule has 0 heterocycles. The first kappa shape index (κ1) is 22.3. The summed E-state index contributed by atoms with van der Waals surface area (Å²) in [4.78, 5) is 0. The normalized spacial score (nSPS) is 24.6. The van der Waals surface area contributed by atoms with Gasteiger partial charge in [0.05, 0.1) is 0 Å². The van der Waals surface area contributed by atoms with Gasteiger partial charge in [-0.1, -0.05) is 102 Å². The lowest BCUT2D eigenvalue weighted by atomic mass is 9.66. The van der Waals surface area contributed by atoms with Gasteiger partial charge in [0.1, 0.15) is 0 Å². The third-order valence-electron chi connectivity index (χ3n) is 7.89. The molecule has 0 amide bonds. The van der Waals surface area contributed by atoms with E-state index in [0.29, 0.717) is 5.92 Å². The summed E-state index contributed by atoms with van der Waals surface area (Å²) in [7, 11) is -2.50. The van der Waals surface area contributed by atoms with Gasteiger partial charge < -0.3 is 9.53 Å². The van der Waals surface area contributed by atoms with Crippen molar-refractivity contribution in [3.63, 3.8) is 0 Å². The second-order valence-corrected chi connectivity index (χ2v) is 15.0. The lowest BCUT2D eigenvalue weighted by Gasteiger charge is -2.46. The highest BCUT2D eigenvalue weighted by atomic mass is 28.4. The van der Waals surface area contributed by atoms with E-state index in [1.165, 1.54) is 10.4 Å². The first-order valence-corrected chi connectivity index (χ1v) is 12.9. The summed E-state index contributed by atoms with van der Waals surface area (Å²) in [5, 5.41) is 12.7. The lowest BCUT2D eigenvalue weighted by Crippen LogP contribution is -2.67. The van der Waals surface area contributed by atoms with Crippen molar-refractivity contribution in [3.8, 4) is 0 Å². The SMILES string of the molecule is CC1(C)[C@H](CO[Si](c2ccccc2)(c2ccccc2)C(C)(C)C)CC[C@]1(C)CO. The van der Waals surface area contributed by atoms with Gasteiger partial charge in [0.15, 0.2) is 0 Å². The van der Waals surface area contributed by atoms with Gasteiger partial charge in [-0.05, 0) is 45.0 Å². The molecule has 1 aliphatic rings. The Kier molecular flexibility index (Phi) is 6.15. The van der Waals surface area contributed by atoms with Crippen LogP contribution in [0.1, 0.15) is 54.4 Å². The highest BCUT2D eigenvalue weighted by molar-refractivity contribution is 6.99. The number of hydrogen-bond acceptors (Lipinski definition) is 2. The first-order valence-electron chi connectivity index (χ1n) is 10.9. The van der Waals surface area contributed by atoms with Gasteiger partial charge in [-0.15, -0.1) is 0 Å². The van der Waals surface area contributed by atoms with E-state index in [-0.39, 0.29) is 22.5 Å². The third kappa shape index (κ3) is 3.73. The molecule has 2 aromatic carbocycles. The molecule has 3 rings (SSSR count). The molecule has 0 bridgehead atoms. The third-order valence-corrected chi connectivity index (χ3v) is 12.9. The zero-order valence-electron chi connectivity index (χ0n) is 19.0. The van der Waals surface area contributed by atoms with E-state index in [1.807, 2.05) is 0 Å². The fraction of sp³-hybridized carbons (Fsp3) is 0.538. The lowest BCUT2D eigenvalue weighted by molar-refractivity contribution is 0.0124. The van der Waals surface area contributed by atoms with Crippen LogP contribution in [0.15, 0.2) is 60.7 Å². The van der Waals surface area contributed by atoms with Crippen molar-refractivity contribution in [2.24, 2.45) is 16.7 Å². The van der Waals surface area contributed by atoms with Crippen LogP contribution in [0.3, 0.4) is 0 Å². The summed E-state index contributed by atoms with van der Waals surface area (Å²) in [6.07, 6.45) is 2.17. The molecule has 0 radical (unpaired) electrons. The predicted molar refractivity (Wildman–Crippen MR) is 125 cm³/mol. The summed E-state index contributed by atoms with van der Waals surface area (Å²) < 4.78 is 7.18. The number of rotatable bonds is 6. The largest absolute Gasteiger partial charge is 0.407 e. The maximum absolute atomic E-state index is 10.1. The number of hydrogen-bond donors (Lipinski definition) is 1. The van der Waals surface area contributed by atoms with E-state index in [1.54, 1.807) is 0 Å². The molecule has 0 spiro atoms. The van der Waals surface area contributed by atoms with E-state index < -0.39 is 8.32 Å². The summed E-state index contributed by atoms with van der Waals surface area (Å²) in [6.45, 7) is 14.8. The van der Waals surface area contributed by atoms with Crippen LogP contribution >= 0.6 is 0 Å². The topological polar surface area (TPSA) is 29.5 Å². The molecule has 0 saturated heterocycles. The molecular weight excluding hydrogens is 372 g/mol. The Hall–Kier alpha value is -1.42. The fourth-order valence-corrected chi connectivity index (χ4v) is 9.84. The van der Waals surface area contributed by atoms with Gasteiger partial charge in [-0.25, -0.2) is 0 Å². The monoisotopic (exact) mass is 410 g/mol. The summed E-state index contributed by atoms with van der Waals surface area (Å²) in [6, 6.07) is 21.7. The Labute approximate surface area is 178 Å². The van der Waals surface area contributed by atoms with Crippen LogP contribution < -0.4 is 10.4 Å². The maximum atomic E-state index is 10.1. The number of benzene rings is 2. The molecule has 3 heteroatoms. The van der Waals surface area contributed by atoms with Crippen LogP contribution in [0.5, 0.6) is 0 Å². The van der Waals surface area contributed by atoms with Gasteiger partial charge in [-0.3, -0.25) is 0 Å². The minimum absolute atomic E-state index is 0.00125. The molecule has 2 atom stereocenters. The summed E-state index contributed by atoms with van der Waals surface area (Å²) >= 11 is 0. The van der Waals surface area contributed by atoms with E-state index >= 15 is 0 Å². The van der Waals surface area contributed by atoms with Crippen molar-refractivity contribution < 1.29 is 9.53 Å². The van der Waals surface area contributed by atoms with Gasteiger partial charge in [0.25, 0.3) is 8.32 Å². The number of aliphatic hydroxyl groups excluding tert-OH is 1. The molecule has 1 saturated carbocycles. The number of aliphatic hydroxyl groups is 1. The Morgan fingerprint density at radius 1 is 0.931 bits per heavy atom. The minimum Gasteiger partial charge on any atom is -0.407 e. The molecule has 29 heavy (non-hydrogen) atoms. The van der Waals surface area contributed by atoms with E-state index in [0.717, 1.165) is 19.4 Å². The average molecular weight is 411 g/mol. The predicted octanol–water partition coefficient (Wildman–Crippen LogP) is 5.00. The highest BCUT2D eigenvalue weighted by Crippen LogP contribution is 2.56. The van der Waals surface area contributed by atoms with Crippen molar-refractivity contribution in [3.05, 3.63) is 60.7 Å². The zero-order chi connectivity index (χ0) is 21.3. The van der Waals surface area contributed by atoms with E-state index in [9.17, 15) is 5.11 Å². The minimum atomic E-state index is -2.50. The Morgan fingerprint density at radius 3 is 1.79 bits per heavy atom. The molecular formula is C26H38O2Si. The van der Waals surface area contributed by atoms with Crippen LogP contribution in [-0.2, 0) is 4.43 Å². The van der Waals surface area contributed by atoms with E-state index in [4.69, 9.17) is 4.43 Å². The molecule has 0 aliphatic heterocycles. The van der Waals surface area contributed by atoms with Crippen LogP contribution in [-0.4, -0.2) is 26.6 Å². The van der Waals surface area contributed by atoms with Gasteiger partial charge in [-0.2, -0.15) is 0 Å². The Morgan fingerprint density at radius 2 is 1.41 bits per heavy atom. The molecule has 1 fully saturated rings. The van der Waals surface area contributed by atoms with Crippen LogP contribution in [0.2, 0.25) is 5.04 Å². The van der Waals surface area contributed by atoms with Crippen LogP contribution in [0.25, 0.3) is 0 Å². The van der Waals surface area contributed by atoms with Crippen molar-refractivity contribution in [2.75, 3.05) is 13.2 Å². The molecule has 2 nitrogen and oxygen atoms in total. The standard InChI is InChI=1S/C26H38O2Si/c1-24(2,3)29(22-13-9-7-10-14-22,23-15-11-8-12-16-23)28-19-21-17-18-26(6,20-27)25(21,4)5/h7-16,21,27H,17-20H2,1-6H3/t21-,26+/m0/s1. The van der Waals surface area contributed by atoms with Gasteiger partial charge >= 0.3 is 0 Å². The summed E-state index contributed by atoms with van der Waals surface area (Å²) in [5.41, 5.74) is 0.0135. The second-order valence-electron chi connectivity index (χ2n) is 10.7.